The van der Waals surface area contributed by atoms with Gasteiger partial charge in [-0.25, -0.2) is 8.42 Å². The molecule has 2 amide bonds. The smallest absolute Gasteiger partial charge is 0.264 e. The molecule has 0 saturated carbocycles. The molecule has 3 rings (SSSR count). The summed E-state index contributed by atoms with van der Waals surface area (Å²) >= 11 is 19.0. The van der Waals surface area contributed by atoms with Crippen LogP contribution in [0, 0.1) is 6.92 Å². The van der Waals surface area contributed by atoms with Gasteiger partial charge in [-0.2, -0.15) is 0 Å². The molecule has 0 fully saturated rings. The van der Waals surface area contributed by atoms with Crippen LogP contribution in [0.2, 0.25) is 15.1 Å². The molecule has 0 aliphatic heterocycles. The number of hydrogen-bond acceptors (Lipinski definition) is 4. The van der Waals surface area contributed by atoms with Crippen molar-refractivity contribution in [3.63, 3.8) is 0 Å². The van der Waals surface area contributed by atoms with E-state index in [2.05, 4.69) is 5.32 Å². The third-order valence-corrected chi connectivity index (χ3v) is 9.27. The number of aryl methyl sites for hydroxylation is 1. The molecule has 1 N–H and O–H groups in total. The number of anilines is 1. The fourth-order valence-electron chi connectivity index (χ4n) is 3.90. The van der Waals surface area contributed by atoms with Crippen LogP contribution in [-0.4, -0.2) is 43.8 Å². The van der Waals surface area contributed by atoms with Gasteiger partial charge in [0.25, 0.3) is 10.0 Å². The Hall–Kier alpha value is -2.78. The first-order chi connectivity index (χ1) is 18.8. The Morgan fingerprint density at radius 1 is 0.925 bits per heavy atom. The maximum absolute atomic E-state index is 14.0. The zero-order valence-electron chi connectivity index (χ0n) is 22.7. The molecule has 214 valence electrons. The lowest BCUT2D eigenvalue weighted by atomic mass is 10.1. The van der Waals surface area contributed by atoms with Gasteiger partial charge in [0, 0.05) is 33.2 Å². The van der Waals surface area contributed by atoms with Gasteiger partial charge in [0.1, 0.15) is 12.6 Å². The van der Waals surface area contributed by atoms with Gasteiger partial charge in [-0.15, -0.1) is 0 Å². The number of hydrogen-bond donors (Lipinski definition) is 1. The van der Waals surface area contributed by atoms with Crippen LogP contribution >= 0.6 is 34.8 Å². The molecule has 0 radical (unpaired) electrons. The summed E-state index contributed by atoms with van der Waals surface area (Å²) in [5.41, 5.74) is 1.53. The molecule has 0 aliphatic carbocycles. The Labute approximate surface area is 251 Å². The van der Waals surface area contributed by atoms with Crippen molar-refractivity contribution in [3.8, 4) is 0 Å². The highest BCUT2D eigenvalue weighted by molar-refractivity contribution is 7.92. The summed E-state index contributed by atoms with van der Waals surface area (Å²) in [5.74, 6) is -1.01. The van der Waals surface area contributed by atoms with Crippen LogP contribution in [0.3, 0.4) is 0 Å². The van der Waals surface area contributed by atoms with E-state index in [1.165, 1.54) is 23.1 Å². The van der Waals surface area contributed by atoms with Crippen molar-refractivity contribution in [2.75, 3.05) is 10.8 Å². The molecule has 0 unspecified atom stereocenters. The first-order valence-electron chi connectivity index (χ1n) is 12.7. The van der Waals surface area contributed by atoms with Crippen molar-refractivity contribution in [1.29, 1.82) is 0 Å². The maximum Gasteiger partial charge on any atom is 0.264 e. The Balaban J connectivity index is 2.07. The van der Waals surface area contributed by atoms with Gasteiger partial charge in [-0.05, 0) is 69.7 Å². The summed E-state index contributed by atoms with van der Waals surface area (Å²) in [6, 6.07) is 16.4. The highest BCUT2D eigenvalue weighted by Crippen LogP contribution is 2.29. The van der Waals surface area contributed by atoms with Gasteiger partial charge >= 0.3 is 0 Å². The van der Waals surface area contributed by atoms with Crippen LogP contribution in [0.25, 0.3) is 0 Å². The number of sulfonamides is 1. The lowest BCUT2D eigenvalue weighted by molar-refractivity contribution is -0.139. The van der Waals surface area contributed by atoms with Crippen LogP contribution in [0.1, 0.15) is 38.3 Å². The van der Waals surface area contributed by atoms with Crippen LogP contribution in [-0.2, 0) is 26.2 Å². The Bertz CT molecular complexity index is 1450. The highest BCUT2D eigenvalue weighted by atomic mass is 35.5. The van der Waals surface area contributed by atoms with Gasteiger partial charge in [0.2, 0.25) is 11.8 Å². The quantitative estimate of drug-likeness (QED) is 0.265. The van der Waals surface area contributed by atoms with Crippen molar-refractivity contribution in [2.24, 2.45) is 0 Å². The molecule has 3 aromatic rings. The molecular weight excluding hydrogens is 593 g/mol. The minimum absolute atomic E-state index is 0.00846. The van der Waals surface area contributed by atoms with Gasteiger partial charge in [0.15, 0.2) is 0 Å². The Kier molecular flexibility index (Phi) is 10.9. The van der Waals surface area contributed by atoms with E-state index in [4.69, 9.17) is 34.8 Å². The molecule has 7 nitrogen and oxygen atoms in total. The SMILES string of the molecule is CC[C@H](C)NC(=O)[C@@H](C)N(Cc1c(Cl)cccc1Cl)C(=O)CN(c1cccc(Cl)c1)S(=O)(=O)c1ccc(C)cc1. The summed E-state index contributed by atoms with van der Waals surface area (Å²) in [5, 5.41) is 3.82. The number of carbonyl (C=O) groups is 2. The summed E-state index contributed by atoms with van der Waals surface area (Å²) in [6.45, 7) is 6.51. The van der Waals surface area contributed by atoms with E-state index < -0.39 is 28.5 Å². The van der Waals surface area contributed by atoms with Crippen LogP contribution in [0.4, 0.5) is 5.69 Å². The summed E-state index contributed by atoms with van der Waals surface area (Å²) < 4.78 is 28.7. The first kappa shape index (κ1) is 31.7. The Morgan fingerprint density at radius 3 is 2.10 bits per heavy atom. The van der Waals surface area contributed by atoms with Crippen LogP contribution < -0.4 is 9.62 Å². The van der Waals surface area contributed by atoms with Gasteiger partial charge in [-0.3, -0.25) is 13.9 Å². The van der Waals surface area contributed by atoms with Crippen molar-refractivity contribution < 1.29 is 18.0 Å². The number of carbonyl (C=O) groups excluding carboxylic acids is 2. The lowest BCUT2D eigenvalue weighted by Gasteiger charge is -2.33. The molecule has 0 spiro atoms. The second-order valence-electron chi connectivity index (χ2n) is 9.52. The third kappa shape index (κ3) is 7.69. The van der Waals surface area contributed by atoms with Crippen LogP contribution in [0.5, 0.6) is 0 Å². The van der Waals surface area contributed by atoms with Crippen molar-refractivity contribution >= 4 is 62.3 Å². The molecule has 0 bridgehead atoms. The fourth-order valence-corrected chi connectivity index (χ4v) is 6.01. The minimum atomic E-state index is -4.20. The van der Waals surface area contributed by atoms with E-state index in [0.717, 1.165) is 9.87 Å². The van der Waals surface area contributed by atoms with Gasteiger partial charge in [-0.1, -0.05) is 71.6 Å². The maximum atomic E-state index is 14.0. The average Bonchev–Trinajstić information content (AvgIpc) is 2.91. The number of nitrogens with zero attached hydrogens (tertiary/aromatic N) is 2. The zero-order chi connectivity index (χ0) is 29.6. The molecule has 0 saturated heterocycles. The van der Waals surface area contributed by atoms with E-state index in [-0.39, 0.29) is 29.1 Å². The average molecular weight is 625 g/mol. The number of nitrogens with one attached hydrogen (secondary N) is 1. The summed E-state index contributed by atoms with van der Waals surface area (Å²) in [4.78, 5) is 28.4. The predicted molar refractivity (Wildman–Crippen MR) is 162 cm³/mol. The lowest BCUT2D eigenvalue weighted by Crippen LogP contribution is -2.52. The molecular formula is C29H32Cl3N3O4S. The van der Waals surface area contributed by atoms with E-state index >= 15 is 0 Å². The number of halogens is 3. The van der Waals surface area contributed by atoms with Crippen molar-refractivity contribution in [3.05, 3.63) is 92.9 Å². The van der Waals surface area contributed by atoms with E-state index in [9.17, 15) is 18.0 Å². The fraction of sp³-hybridized carbons (Fsp3) is 0.310. The molecule has 0 aromatic heterocycles. The molecule has 0 aliphatic rings. The normalized spacial score (nSPS) is 12.9. The number of benzene rings is 3. The van der Waals surface area contributed by atoms with Gasteiger partial charge < -0.3 is 10.2 Å². The largest absolute Gasteiger partial charge is 0.352 e. The predicted octanol–water partition coefficient (Wildman–Crippen LogP) is 6.48. The third-order valence-electron chi connectivity index (χ3n) is 6.54. The van der Waals surface area contributed by atoms with Crippen molar-refractivity contribution in [2.45, 2.75) is 57.6 Å². The Morgan fingerprint density at radius 2 is 1.52 bits per heavy atom. The summed E-state index contributed by atoms with van der Waals surface area (Å²) in [6.07, 6.45) is 0.695. The number of amides is 2. The minimum Gasteiger partial charge on any atom is -0.352 e. The monoisotopic (exact) mass is 623 g/mol. The molecule has 11 heteroatoms. The zero-order valence-corrected chi connectivity index (χ0v) is 25.8. The molecule has 3 aromatic carbocycles. The second kappa shape index (κ2) is 13.7. The topological polar surface area (TPSA) is 86.8 Å². The second-order valence-corrected chi connectivity index (χ2v) is 12.6. The molecule has 40 heavy (non-hydrogen) atoms. The van der Waals surface area contributed by atoms with E-state index in [1.54, 1.807) is 55.5 Å². The van der Waals surface area contributed by atoms with Crippen molar-refractivity contribution in [1.82, 2.24) is 10.2 Å². The number of rotatable bonds is 11. The highest BCUT2D eigenvalue weighted by Gasteiger charge is 2.33. The van der Waals surface area contributed by atoms with E-state index in [0.29, 0.717) is 27.1 Å². The first-order valence-corrected chi connectivity index (χ1v) is 15.3. The summed E-state index contributed by atoms with van der Waals surface area (Å²) in [7, 11) is -4.20. The molecule has 0 heterocycles. The van der Waals surface area contributed by atoms with E-state index in [1.807, 2.05) is 20.8 Å². The standard InChI is InChI=1S/C29H32Cl3N3O4S/c1-5-20(3)33-29(37)21(4)34(17-25-26(31)10-7-11-27(25)32)28(36)18-35(23-9-6-8-22(30)16-23)40(38,39)24-14-12-19(2)13-15-24/h6-16,20-21H,5,17-18H2,1-4H3,(H,33,37)/t20-,21+/m0/s1. The molecule has 2 atom stereocenters. The van der Waals surface area contributed by atoms with Crippen LogP contribution in [0.15, 0.2) is 71.6 Å². The van der Waals surface area contributed by atoms with Gasteiger partial charge in [0.05, 0.1) is 10.6 Å².